The summed E-state index contributed by atoms with van der Waals surface area (Å²) in [5.74, 6) is 0. The molecule has 0 spiro atoms. The van der Waals surface area contributed by atoms with Gasteiger partial charge in [-0.25, -0.2) is 0 Å². The molecule has 2 aromatic rings. The van der Waals surface area contributed by atoms with Crippen molar-refractivity contribution in [1.29, 1.82) is 0 Å². The SMILES string of the molecule is FC(F)(F)CCNCc1cc(-c2cccs2)cs1. The Morgan fingerprint density at radius 3 is 2.72 bits per heavy atom. The van der Waals surface area contributed by atoms with Crippen LogP contribution in [0.1, 0.15) is 11.3 Å². The smallest absolute Gasteiger partial charge is 0.312 e. The summed E-state index contributed by atoms with van der Waals surface area (Å²) in [6.07, 6.45) is -4.86. The summed E-state index contributed by atoms with van der Waals surface area (Å²) in [6.45, 7) is 0.460. The van der Waals surface area contributed by atoms with E-state index in [1.54, 1.807) is 22.7 Å². The second-order valence-corrected chi connectivity index (χ2v) is 5.76. The van der Waals surface area contributed by atoms with E-state index in [0.29, 0.717) is 6.54 Å². The highest BCUT2D eigenvalue weighted by Gasteiger charge is 2.25. The number of rotatable bonds is 5. The molecular formula is C12H12F3NS2. The third-order valence-electron chi connectivity index (χ3n) is 2.34. The molecule has 0 atom stereocenters. The molecule has 98 valence electrons. The van der Waals surface area contributed by atoms with Crippen molar-refractivity contribution >= 4 is 22.7 Å². The number of halogens is 3. The van der Waals surface area contributed by atoms with Gasteiger partial charge in [-0.3, -0.25) is 0 Å². The summed E-state index contributed by atoms with van der Waals surface area (Å²) >= 11 is 3.23. The zero-order chi connectivity index (χ0) is 13.0. The Kier molecular flexibility index (Phi) is 4.42. The number of thiophene rings is 2. The predicted octanol–water partition coefficient (Wildman–Crippen LogP) is 4.52. The molecule has 0 aliphatic heterocycles. The maximum atomic E-state index is 11.9. The van der Waals surface area contributed by atoms with E-state index in [9.17, 15) is 13.2 Å². The van der Waals surface area contributed by atoms with E-state index in [1.807, 2.05) is 29.0 Å². The molecule has 0 aliphatic rings. The van der Waals surface area contributed by atoms with Crippen LogP contribution in [-0.2, 0) is 6.54 Å². The van der Waals surface area contributed by atoms with Crippen LogP contribution in [0.2, 0.25) is 0 Å². The van der Waals surface area contributed by atoms with Crippen LogP contribution in [0.15, 0.2) is 29.0 Å². The van der Waals surface area contributed by atoms with Crippen LogP contribution in [0.25, 0.3) is 10.4 Å². The first-order chi connectivity index (χ1) is 8.54. The van der Waals surface area contributed by atoms with E-state index in [2.05, 4.69) is 5.32 Å². The van der Waals surface area contributed by atoms with Gasteiger partial charge in [0.1, 0.15) is 0 Å². The lowest BCUT2D eigenvalue weighted by molar-refractivity contribution is -0.133. The Balaban J connectivity index is 1.81. The van der Waals surface area contributed by atoms with Gasteiger partial charge in [0.15, 0.2) is 0 Å². The topological polar surface area (TPSA) is 12.0 Å². The van der Waals surface area contributed by atoms with Crippen LogP contribution in [-0.4, -0.2) is 12.7 Å². The number of alkyl halides is 3. The molecule has 6 heteroatoms. The fraction of sp³-hybridized carbons (Fsp3) is 0.333. The van der Waals surface area contributed by atoms with Gasteiger partial charge in [0.05, 0.1) is 6.42 Å². The monoisotopic (exact) mass is 291 g/mol. The lowest BCUT2D eigenvalue weighted by atomic mass is 10.2. The van der Waals surface area contributed by atoms with Crippen molar-refractivity contribution in [2.24, 2.45) is 0 Å². The first-order valence-corrected chi connectivity index (χ1v) is 7.19. The summed E-state index contributed by atoms with van der Waals surface area (Å²) in [4.78, 5) is 2.24. The first kappa shape index (κ1) is 13.6. The zero-order valence-electron chi connectivity index (χ0n) is 9.46. The summed E-state index contributed by atoms with van der Waals surface area (Å²) in [7, 11) is 0. The normalized spacial score (nSPS) is 11.9. The zero-order valence-corrected chi connectivity index (χ0v) is 11.1. The molecule has 0 unspecified atom stereocenters. The maximum absolute atomic E-state index is 11.9. The lowest BCUT2D eigenvalue weighted by Crippen LogP contribution is -2.20. The molecule has 0 radical (unpaired) electrons. The molecular weight excluding hydrogens is 279 g/mol. The molecule has 0 amide bonds. The molecule has 2 rings (SSSR count). The van der Waals surface area contributed by atoms with Crippen LogP contribution in [0, 0.1) is 0 Å². The van der Waals surface area contributed by atoms with Crippen LogP contribution in [0.4, 0.5) is 13.2 Å². The van der Waals surface area contributed by atoms with E-state index in [1.165, 1.54) is 4.88 Å². The van der Waals surface area contributed by atoms with Gasteiger partial charge in [0.2, 0.25) is 0 Å². The van der Waals surface area contributed by atoms with Gasteiger partial charge in [-0.05, 0) is 22.9 Å². The number of hydrogen-bond donors (Lipinski definition) is 1. The van der Waals surface area contributed by atoms with Crippen molar-refractivity contribution in [3.63, 3.8) is 0 Å². The third kappa shape index (κ3) is 4.12. The average molecular weight is 291 g/mol. The first-order valence-electron chi connectivity index (χ1n) is 5.43. The Bertz CT molecular complexity index is 474. The lowest BCUT2D eigenvalue weighted by Gasteiger charge is -2.06. The molecule has 0 bridgehead atoms. The summed E-state index contributed by atoms with van der Waals surface area (Å²) < 4.78 is 35.8. The highest BCUT2D eigenvalue weighted by molar-refractivity contribution is 7.14. The molecule has 0 aliphatic carbocycles. The molecule has 0 aromatic carbocycles. The summed E-state index contributed by atoms with van der Waals surface area (Å²) in [5, 5.41) is 6.85. The predicted molar refractivity (Wildman–Crippen MR) is 70.0 cm³/mol. The van der Waals surface area contributed by atoms with E-state index in [0.717, 1.165) is 10.4 Å². The molecule has 0 saturated heterocycles. The average Bonchev–Trinajstić information content (AvgIpc) is 2.93. The van der Waals surface area contributed by atoms with Crippen LogP contribution in [0.5, 0.6) is 0 Å². The van der Waals surface area contributed by atoms with Gasteiger partial charge >= 0.3 is 6.18 Å². The van der Waals surface area contributed by atoms with Gasteiger partial charge in [-0.1, -0.05) is 6.07 Å². The van der Waals surface area contributed by atoms with Gasteiger partial charge in [-0.2, -0.15) is 13.2 Å². The van der Waals surface area contributed by atoms with Crippen LogP contribution in [0.3, 0.4) is 0 Å². The molecule has 2 aromatic heterocycles. The maximum Gasteiger partial charge on any atom is 0.390 e. The molecule has 0 fully saturated rings. The fourth-order valence-electron chi connectivity index (χ4n) is 1.49. The molecule has 18 heavy (non-hydrogen) atoms. The highest BCUT2D eigenvalue weighted by Crippen LogP contribution is 2.29. The minimum absolute atomic E-state index is 0.0320. The fourth-order valence-corrected chi connectivity index (χ4v) is 3.13. The van der Waals surface area contributed by atoms with E-state index < -0.39 is 12.6 Å². The van der Waals surface area contributed by atoms with Gasteiger partial charge < -0.3 is 5.32 Å². The van der Waals surface area contributed by atoms with Crippen molar-refractivity contribution in [2.75, 3.05) is 6.54 Å². The largest absolute Gasteiger partial charge is 0.390 e. The summed E-state index contributed by atoms with van der Waals surface area (Å²) in [5.41, 5.74) is 1.14. The minimum atomic E-state index is -4.08. The van der Waals surface area contributed by atoms with Gasteiger partial charge in [0.25, 0.3) is 0 Å². The van der Waals surface area contributed by atoms with Crippen molar-refractivity contribution in [2.45, 2.75) is 19.1 Å². The Hall–Kier alpha value is -0.850. The van der Waals surface area contributed by atoms with Crippen LogP contribution < -0.4 is 5.32 Å². The second kappa shape index (κ2) is 5.86. The van der Waals surface area contributed by atoms with Crippen LogP contribution >= 0.6 is 22.7 Å². The van der Waals surface area contributed by atoms with Crippen molar-refractivity contribution in [3.8, 4) is 10.4 Å². The van der Waals surface area contributed by atoms with Gasteiger partial charge in [0, 0.05) is 28.4 Å². The number of nitrogens with one attached hydrogen (secondary N) is 1. The molecule has 1 N–H and O–H groups in total. The van der Waals surface area contributed by atoms with Gasteiger partial charge in [-0.15, -0.1) is 22.7 Å². The van der Waals surface area contributed by atoms with Crippen molar-refractivity contribution in [3.05, 3.63) is 33.8 Å². The Morgan fingerprint density at radius 2 is 2.06 bits per heavy atom. The second-order valence-electron chi connectivity index (χ2n) is 3.82. The van der Waals surface area contributed by atoms with Crippen molar-refractivity contribution < 1.29 is 13.2 Å². The quantitative estimate of drug-likeness (QED) is 0.799. The molecule has 2 heterocycles. The van der Waals surface area contributed by atoms with E-state index >= 15 is 0 Å². The van der Waals surface area contributed by atoms with Crippen molar-refractivity contribution in [1.82, 2.24) is 5.32 Å². The standard InChI is InChI=1S/C12H12F3NS2/c13-12(14,15)3-4-16-7-10-6-9(8-18-10)11-2-1-5-17-11/h1-2,5-6,8,16H,3-4,7H2. The Morgan fingerprint density at radius 1 is 1.22 bits per heavy atom. The number of hydrogen-bond acceptors (Lipinski definition) is 3. The highest BCUT2D eigenvalue weighted by atomic mass is 32.1. The molecule has 0 saturated carbocycles. The Labute approximate surface area is 111 Å². The molecule has 1 nitrogen and oxygen atoms in total. The van der Waals surface area contributed by atoms with E-state index in [-0.39, 0.29) is 6.54 Å². The van der Waals surface area contributed by atoms with E-state index in [4.69, 9.17) is 0 Å². The minimum Gasteiger partial charge on any atom is -0.312 e. The third-order valence-corrected chi connectivity index (χ3v) is 4.20. The summed E-state index contributed by atoms with van der Waals surface area (Å²) in [6, 6.07) is 6.05.